The van der Waals surface area contributed by atoms with Gasteiger partial charge in [-0.3, -0.25) is 14.3 Å². The molecule has 0 aliphatic heterocycles. The molecule has 0 bridgehead atoms. The molecule has 0 unspecified atom stereocenters. The molecule has 23 heavy (non-hydrogen) atoms. The lowest BCUT2D eigenvalue weighted by molar-refractivity contribution is 0.104. The summed E-state index contributed by atoms with van der Waals surface area (Å²) in [5.41, 5.74) is 0.427. The Kier molecular flexibility index (Phi) is 2.91. The van der Waals surface area contributed by atoms with Crippen LogP contribution >= 0.6 is 0 Å². The van der Waals surface area contributed by atoms with Gasteiger partial charge in [0, 0.05) is 18.8 Å². The second-order valence-corrected chi connectivity index (χ2v) is 5.57. The molecule has 1 heterocycles. The van der Waals surface area contributed by atoms with E-state index in [-0.39, 0.29) is 16.9 Å². The van der Waals surface area contributed by atoms with E-state index < -0.39 is 0 Å². The van der Waals surface area contributed by atoms with Gasteiger partial charge in [0.1, 0.15) is 5.56 Å². The van der Waals surface area contributed by atoms with Crippen molar-refractivity contribution in [2.45, 2.75) is 0 Å². The summed E-state index contributed by atoms with van der Waals surface area (Å²) in [7, 11) is 1.60. The Labute approximate surface area is 132 Å². The highest BCUT2D eigenvalue weighted by atomic mass is 16.2. The second-order valence-electron chi connectivity index (χ2n) is 5.57. The molecule has 0 amide bonds. The molecule has 0 saturated carbocycles. The van der Waals surface area contributed by atoms with Crippen molar-refractivity contribution < 1.29 is 4.79 Å². The smallest absolute Gasteiger partial charge is 0.277 e. The highest BCUT2D eigenvalue weighted by Crippen LogP contribution is 2.29. The molecule has 4 rings (SSSR count). The van der Waals surface area contributed by atoms with Gasteiger partial charge in [-0.25, -0.2) is 0 Å². The number of hydrogen-bond donors (Lipinski definition) is 1. The van der Waals surface area contributed by atoms with Crippen LogP contribution < -0.4 is 5.56 Å². The number of aryl methyl sites for hydroxylation is 1. The lowest BCUT2D eigenvalue weighted by Crippen LogP contribution is -2.19. The van der Waals surface area contributed by atoms with Crippen LogP contribution in [0.3, 0.4) is 0 Å². The Balaban J connectivity index is 2.13. The predicted molar refractivity (Wildman–Crippen MR) is 90.9 cm³/mol. The van der Waals surface area contributed by atoms with Gasteiger partial charge >= 0.3 is 0 Å². The van der Waals surface area contributed by atoms with Crippen molar-refractivity contribution in [2.24, 2.45) is 7.05 Å². The minimum Gasteiger partial charge on any atom is -0.302 e. The van der Waals surface area contributed by atoms with Crippen molar-refractivity contribution in [3.8, 4) is 0 Å². The Hall–Kier alpha value is -3.14. The van der Waals surface area contributed by atoms with Gasteiger partial charge in [-0.05, 0) is 27.6 Å². The quantitative estimate of drug-likeness (QED) is 0.456. The Morgan fingerprint density at radius 3 is 2.04 bits per heavy atom. The first-order valence-electron chi connectivity index (χ1n) is 7.36. The molecule has 0 radical (unpaired) electrons. The predicted octanol–water partition coefficient (Wildman–Crippen LogP) is 3.25. The van der Waals surface area contributed by atoms with Crippen LogP contribution in [0.1, 0.15) is 15.9 Å². The molecule has 0 spiro atoms. The van der Waals surface area contributed by atoms with Gasteiger partial charge in [0.2, 0.25) is 5.78 Å². The third-order valence-corrected chi connectivity index (χ3v) is 4.18. The zero-order valence-electron chi connectivity index (χ0n) is 12.5. The molecule has 1 N–H and O–H groups in total. The Morgan fingerprint density at radius 2 is 1.52 bits per heavy atom. The summed E-state index contributed by atoms with van der Waals surface area (Å²) in [5.74, 6) is -0.250. The summed E-state index contributed by atoms with van der Waals surface area (Å²) in [6, 6.07) is 17.6. The molecule has 3 aromatic carbocycles. The summed E-state index contributed by atoms with van der Waals surface area (Å²) >= 11 is 0. The summed E-state index contributed by atoms with van der Waals surface area (Å²) < 4.78 is 1.31. The average Bonchev–Trinajstić information content (AvgIpc) is 2.91. The van der Waals surface area contributed by atoms with Gasteiger partial charge < -0.3 is 5.10 Å². The minimum atomic E-state index is -0.313. The minimum absolute atomic E-state index is 0.161. The zero-order valence-corrected chi connectivity index (χ0v) is 12.5. The number of H-pyrrole nitrogens is 1. The molecule has 112 valence electrons. The number of benzene rings is 3. The van der Waals surface area contributed by atoms with Crippen LogP contribution in [0.5, 0.6) is 0 Å². The molecular formula is C19H14N2O2. The van der Waals surface area contributed by atoms with Gasteiger partial charge in [0.15, 0.2) is 0 Å². The number of aromatic nitrogens is 2. The summed E-state index contributed by atoms with van der Waals surface area (Å²) in [6.45, 7) is 0. The van der Waals surface area contributed by atoms with Crippen molar-refractivity contribution >= 4 is 27.3 Å². The van der Waals surface area contributed by atoms with E-state index in [0.29, 0.717) is 5.56 Å². The molecule has 0 fully saturated rings. The van der Waals surface area contributed by atoms with E-state index >= 15 is 0 Å². The first-order chi connectivity index (χ1) is 11.2. The van der Waals surface area contributed by atoms with Gasteiger partial charge in [0.25, 0.3) is 5.56 Å². The zero-order chi connectivity index (χ0) is 16.0. The van der Waals surface area contributed by atoms with Crippen molar-refractivity contribution in [1.82, 2.24) is 9.78 Å². The largest absolute Gasteiger partial charge is 0.302 e. The molecule has 0 aliphatic carbocycles. The first-order valence-corrected chi connectivity index (χ1v) is 7.36. The van der Waals surface area contributed by atoms with E-state index in [4.69, 9.17) is 0 Å². The van der Waals surface area contributed by atoms with E-state index in [2.05, 4.69) is 11.2 Å². The fraction of sp³-hybridized carbons (Fsp3) is 0.0526. The van der Waals surface area contributed by atoms with Crippen LogP contribution in [-0.2, 0) is 7.05 Å². The molecule has 0 aliphatic rings. The Morgan fingerprint density at radius 1 is 0.957 bits per heavy atom. The van der Waals surface area contributed by atoms with Gasteiger partial charge in [-0.15, -0.1) is 0 Å². The number of fused-ring (bicyclic) bond motifs is 2. The van der Waals surface area contributed by atoms with Crippen LogP contribution in [0.15, 0.2) is 65.6 Å². The number of rotatable bonds is 2. The number of nitrogens with zero attached hydrogens (tertiary/aromatic N) is 1. The van der Waals surface area contributed by atoms with E-state index in [1.54, 1.807) is 7.05 Å². The summed E-state index contributed by atoms with van der Waals surface area (Å²) in [6.07, 6.45) is 1.47. The van der Waals surface area contributed by atoms with Crippen molar-refractivity contribution in [3.05, 3.63) is 82.3 Å². The van der Waals surface area contributed by atoms with Crippen LogP contribution in [0.25, 0.3) is 21.5 Å². The first kappa shape index (κ1) is 13.5. The molecule has 1 aromatic heterocycles. The SMILES string of the molecule is Cn1[nH]cc(C(=O)c2c3ccccc3cc3ccccc23)c1=O. The average molecular weight is 302 g/mol. The van der Waals surface area contributed by atoms with E-state index in [1.807, 2.05) is 48.5 Å². The lowest BCUT2D eigenvalue weighted by atomic mass is 9.92. The topological polar surface area (TPSA) is 54.9 Å². The monoisotopic (exact) mass is 302 g/mol. The van der Waals surface area contributed by atoms with Crippen LogP contribution in [-0.4, -0.2) is 15.6 Å². The molecule has 4 nitrogen and oxygen atoms in total. The maximum absolute atomic E-state index is 13.1. The van der Waals surface area contributed by atoms with Crippen molar-refractivity contribution in [1.29, 1.82) is 0 Å². The normalized spacial score (nSPS) is 11.2. The van der Waals surface area contributed by atoms with E-state index in [1.165, 1.54) is 10.9 Å². The van der Waals surface area contributed by atoms with Gasteiger partial charge in [0.05, 0.1) is 0 Å². The molecule has 4 heteroatoms. The van der Waals surface area contributed by atoms with Gasteiger partial charge in [-0.2, -0.15) is 0 Å². The maximum Gasteiger partial charge on any atom is 0.277 e. The number of nitrogens with one attached hydrogen (secondary N) is 1. The molecule has 0 atom stereocenters. The fourth-order valence-electron chi connectivity index (χ4n) is 3.02. The Bertz CT molecular complexity index is 1070. The highest BCUT2D eigenvalue weighted by Gasteiger charge is 2.20. The van der Waals surface area contributed by atoms with Crippen molar-refractivity contribution in [3.63, 3.8) is 0 Å². The number of carbonyl (C=O) groups excluding carboxylic acids is 1. The number of hydrogen-bond acceptors (Lipinski definition) is 2. The fourth-order valence-corrected chi connectivity index (χ4v) is 3.02. The van der Waals surface area contributed by atoms with E-state index in [9.17, 15) is 9.59 Å². The summed E-state index contributed by atoms with van der Waals surface area (Å²) in [4.78, 5) is 25.2. The lowest BCUT2D eigenvalue weighted by Gasteiger charge is -2.09. The molecular weight excluding hydrogens is 288 g/mol. The summed E-state index contributed by atoms with van der Waals surface area (Å²) in [5, 5.41) is 6.46. The third kappa shape index (κ3) is 1.99. The highest BCUT2D eigenvalue weighted by molar-refractivity contribution is 6.24. The standard InChI is InChI=1S/C19H14N2O2/c1-21-19(23)16(11-20-21)18(22)17-14-8-4-2-6-12(14)10-13-7-3-5-9-15(13)17/h2-11,20H,1H3. The number of ketones is 1. The van der Waals surface area contributed by atoms with Crippen LogP contribution in [0, 0.1) is 0 Å². The number of aromatic amines is 1. The third-order valence-electron chi connectivity index (χ3n) is 4.18. The second kappa shape index (κ2) is 4.95. The maximum atomic E-state index is 13.1. The van der Waals surface area contributed by atoms with Crippen LogP contribution in [0.4, 0.5) is 0 Å². The number of carbonyl (C=O) groups is 1. The van der Waals surface area contributed by atoms with E-state index in [0.717, 1.165) is 21.5 Å². The van der Waals surface area contributed by atoms with Crippen LogP contribution in [0.2, 0.25) is 0 Å². The molecule has 0 saturated heterocycles. The van der Waals surface area contributed by atoms with Crippen molar-refractivity contribution in [2.75, 3.05) is 0 Å². The molecule has 4 aromatic rings. The van der Waals surface area contributed by atoms with Gasteiger partial charge in [-0.1, -0.05) is 48.5 Å².